The first-order chi connectivity index (χ1) is 32.3. The van der Waals surface area contributed by atoms with Crippen LogP contribution in [0.15, 0.2) is 146 Å². The Labute approximate surface area is 400 Å². The van der Waals surface area contributed by atoms with Gasteiger partial charge in [-0.2, -0.15) is 0 Å². The second-order valence-corrected chi connectivity index (χ2v) is 23.1. The SMILES string of the molecule is Cc1cccc(N2c3cc(C)ccc3B3c4cc(C(C)(C)C)cc5c4N(c4cc(N6c7ccc(-c8ccccc8)cc7C7(C)CCCCC67C)cc2c43)C2(C)CCCCC52c2ccccc2)c1. The Hall–Kier alpha value is -6.00. The topological polar surface area (TPSA) is 9.72 Å². The van der Waals surface area contributed by atoms with Crippen molar-refractivity contribution in [1.82, 2.24) is 0 Å². The minimum atomic E-state index is -0.198. The molecule has 0 N–H and O–H groups in total. The molecule has 13 rings (SSSR count). The van der Waals surface area contributed by atoms with Crippen LogP contribution in [0.2, 0.25) is 0 Å². The molecule has 0 aromatic heterocycles. The Morgan fingerprint density at radius 3 is 1.96 bits per heavy atom. The van der Waals surface area contributed by atoms with Crippen molar-refractivity contribution in [1.29, 1.82) is 0 Å². The van der Waals surface area contributed by atoms with Crippen molar-refractivity contribution in [3.63, 3.8) is 0 Å². The van der Waals surface area contributed by atoms with Gasteiger partial charge in [0.2, 0.25) is 0 Å². The molecule has 67 heavy (non-hydrogen) atoms. The van der Waals surface area contributed by atoms with E-state index in [1.807, 2.05) is 0 Å². The van der Waals surface area contributed by atoms with Gasteiger partial charge in [-0.05, 0) is 162 Å². The van der Waals surface area contributed by atoms with E-state index in [0.29, 0.717) is 0 Å². The van der Waals surface area contributed by atoms with Crippen LogP contribution in [0, 0.1) is 13.8 Å². The standard InChI is InChI=1S/C63H64BN3/c1-41-20-19-25-47(34-41)65-54-35-42(2)26-28-51(54)64-52-38-46(59(3,4)5)37-50-58(52)67(62(8)32-17-18-33-63(50,62)45-23-13-10-14-24-45)56-40-48(39-55(65)57(56)64)66-53-29-27-44(43-21-11-9-12-22-43)36-49(53)60(6)30-15-16-31-61(60,66)7/h9-14,19-29,34-40H,15-18,30-33H2,1-8H3. The van der Waals surface area contributed by atoms with Crippen molar-refractivity contribution in [3.8, 4) is 11.1 Å². The van der Waals surface area contributed by atoms with Gasteiger partial charge in [0, 0.05) is 50.6 Å². The van der Waals surface area contributed by atoms with Crippen LogP contribution >= 0.6 is 0 Å². The monoisotopic (exact) mass is 874 g/mol. The lowest BCUT2D eigenvalue weighted by Gasteiger charge is -2.54. The van der Waals surface area contributed by atoms with E-state index in [4.69, 9.17) is 0 Å². The molecule has 4 atom stereocenters. The van der Waals surface area contributed by atoms with Crippen molar-refractivity contribution in [2.45, 2.75) is 134 Å². The first-order valence-corrected chi connectivity index (χ1v) is 25.5. The Bertz CT molecular complexity index is 3190. The number of nitrogens with zero attached hydrogens (tertiary/aromatic N) is 3. The van der Waals surface area contributed by atoms with E-state index in [1.54, 1.807) is 5.56 Å². The predicted octanol–water partition coefficient (Wildman–Crippen LogP) is 14.4. The number of rotatable bonds is 4. The first kappa shape index (κ1) is 41.2. The lowest BCUT2D eigenvalue weighted by atomic mass is 9.33. The smallest absolute Gasteiger partial charge is 0.252 e. The zero-order chi connectivity index (χ0) is 45.8. The van der Waals surface area contributed by atoms with Gasteiger partial charge in [0.05, 0.1) is 11.1 Å². The summed E-state index contributed by atoms with van der Waals surface area (Å²) in [4.78, 5) is 8.47. The molecule has 7 aromatic carbocycles. The molecule has 2 saturated carbocycles. The molecule has 334 valence electrons. The third-order valence-electron chi connectivity index (χ3n) is 18.5. The molecule has 4 unspecified atom stereocenters. The molecule has 2 aliphatic carbocycles. The molecule has 4 heterocycles. The Morgan fingerprint density at radius 2 is 1.19 bits per heavy atom. The fourth-order valence-electron chi connectivity index (χ4n) is 15.0. The molecule has 0 saturated heterocycles. The average Bonchev–Trinajstić information content (AvgIpc) is 3.69. The van der Waals surface area contributed by atoms with Gasteiger partial charge >= 0.3 is 0 Å². The lowest BCUT2D eigenvalue weighted by Crippen LogP contribution is -2.65. The third-order valence-corrected chi connectivity index (χ3v) is 18.5. The third kappa shape index (κ3) is 5.36. The molecule has 4 heteroatoms. The van der Waals surface area contributed by atoms with E-state index in [1.165, 1.54) is 127 Å². The summed E-state index contributed by atoms with van der Waals surface area (Å²) in [6, 6.07) is 57.5. The molecule has 0 radical (unpaired) electrons. The normalized spacial score (nSPS) is 25.3. The summed E-state index contributed by atoms with van der Waals surface area (Å²) in [7, 11) is 0. The van der Waals surface area contributed by atoms with Crippen molar-refractivity contribution >= 4 is 62.9 Å². The van der Waals surface area contributed by atoms with E-state index < -0.39 is 0 Å². The maximum atomic E-state index is 2.96. The molecule has 0 bridgehead atoms. The van der Waals surface area contributed by atoms with Crippen LogP contribution in [0.3, 0.4) is 0 Å². The van der Waals surface area contributed by atoms with E-state index in [0.717, 1.165) is 19.3 Å². The second-order valence-electron chi connectivity index (χ2n) is 23.1. The molecule has 0 spiro atoms. The van der Waals surface area contributed by atoms with Gasteiger partial charge in [0.25, 0.3) is 6.71 Å². The van der Waals surface area contributed by atoms with E-state index in [2.05, 4.69) is 216 Å². The quantitative estimate of drug-likeness (QED) is 0.163. The Balaban J connectivity index is 1.16. The highest BCUT2D eigenvalue weighted by Crippen LogP contribution is 2.66. The maximum Gasteiger partial charge on any atom is 0.252 e. The largest absolute Gasteiger partial charge is 0.335 e. The summed E-state index contributed by atoms with van der Waals surface area (Å²) in [5.74, 6) is 0. The van der Waals surface area contributed by atoms with Gasteiger partial charge < -0.3 is 14.7 Å². The molecule has 3 nitrogen and oxygen atoms in total. The van der Waals surface area contributed by atoms with Crippen LogP contribution in [0.1, 0.15) is 126 Å². The molecule has 2 fully saturated rings. The molecule has 4 aliphatic heterocycles. The van der Waals surface area contributed by atoms with Crippen molar-refractivity contribution in [2.75, 3.05) is 14.7 Å². The summed E-state index contributed by atoms with van der Waals surface area (Å²) >= 11 is 0. The highest BCUT2D eigenvalue weighted by atomic mass is 15.3. The van der Waals surface area contributed by atoms with Crippen molar-refractivity contribution in [2.24, 2.45) is 0 Å². The summed E-state index contributed by atoms with van der Waals surface area (Å²) in [5, 5.41) is 0. The fraction of sp³-hybridized carbons (Fsp3) is 0.333. The molecular weight excluding hydrogens is 810 g/mol. The zero-order valence-corrected chi connectivity index (χ0v) is 40.9. The van der Waals surface area contributed by atoms with E-state index >= 15 is 0 Å². The van der Waals surface area contributed by atoms with Crippen LogP contribution in [-0.4, -0.2) is 17.8 Å². The number of benzene rings is 7. The van der Waals surface area contributed by atoms with Gasteiger partial charge in [-0.15, -0.1) is 0 Å². The number of anilines is 7. The first-order valence-electron chi connectivity index (χ1n) is 25.5. The summed E-state index contributed by atoms with van der Waals surface area (Å²) in [6.45, 7) is 19.7. The number of aryl methyl sites for hydroxylation is 2. The molecule has 0 amide bonds. The average molecular weight is 874 g/mol. The van der Waals surface area contributed by atoms with E-state index in [9.17, 15) is 0 Å². The second kappa shape index (κ2) is 14.0. The molecule has 7 aromatic rings. The Kier molecular flexibility index (Phi) is 8.63. The maximum absolute atomic E-state index is 2.96. The van der Waals surface area contributed by atoms with E-state index in [-0.39, 0.29) is 34.0 Å². The summed E-state index contributed by atoms with van der Waals surface area (Å²) < 4.78 is 0. The Morgan fingerprint density at radius 1 is 0.493 bits per heavy atom. The van der Waals surface area contributed by atoms with Crippen molar-refractivity contribution in [3.05, 3.63) is 179 Å². The van der Waals surface area contributed by atoms with Gasteiger partial charge in [0.1, 0.15) is 0 Å². The molecule has 6 aliphatic rings. The van der Waals surface area contributed by atoms with Gasteiger partial charge in [-0.3, -0.25) is 0 Å². The van der Waals surface area contributed by atoms with Crippen LogP contribution in [0.4, 0.5) is 39.8 Å². The van der Waals surface area contributed by atoms with Crippen LogP contribution in [-0.2, 0) is 16.2 Å². The van der Waals surface area contributed by atoms with Crippen LogP contribution in [0.25, 0.3) is 11.1 Å². The number of fused-ring (bicyclic) bond motifs is 10. The predicted molar refractivity (Wildman–Crippen MR) is 285 cm³/mol. The van der Waals surface area contributed by atoms with Gasteiger partial charge in [-0.25, -0.2) is 0 Å². The number of hydrogen-bond donors (Lipinski definition) is 0. The summed E-state index contributed by atoms with van der Waals surface area (Å²) in [5.41, 5.74) is 24.3. The lowest BCUT2D eigenvalue weighted by molar-refractivity contribution is 0.195. The van der Waals surface area contributed by atoms with Crippen LogP contribution in [0.5, 0.6) is 0 Å². The minimum Gasteiger partial charge on any atom is -0.335 e. The van der Waals surface area contributed by atoms with Crippen LogP contribution < -0.4 is 31.1 Å². The number of hydrogen-bond acceptors (Lipinski definition) is 3. The molecular formula is C63H64BN3. The van der Waals surface area contributed by atoms with Gasteiger partial charge in [0.15, 0.2) is 0 Å². The van der Waals surface area contributed by atoms with Crippen molar-refractivity contribution < 1.29 is 0 Å². The summed E-state index contributed by atoms with van der Waals surface area (Å²) in [6.07, 6.45) is 9.55. The zero-order valence-electron chi connectivity index (χ0n) is 40.9. The highest BCUT2D eigenvalue weighted by molar-refractivity contribution is 7.00. The van der Waals surface area contributed by atoms with Gasteiger partial charge in [-0.1, -0.05) is 157 Å². The highest BCUT2D eigenvalue weighted by Gasteiger charge is 2.65. The minimum absolute atomic E-state index is 0.0183. The fourth-order valence-corrected chi connectivity index (χ4v) is 15.0.